The Morgan fingerprint density at radius 1 is 0.616 bits per heavy atom. The first-order chi connectivity index (χ1) is 46.5. The zero-order valence-electron chi connectivity index (χ0n) is 58.8. The second-order valence-electron chi connectivity index (χ2n) is 27.4. The lowest BCUT2D eigenvalue weighted by Gasteiger charge is -2.36. The minimum absolute atomic E-state index is 0.00229. The molecule has 0 bridgehead atoms. The van der Waals surface area contributed by atoms with E-state index in [9.17, 15) is 47.9 Å². The van der Waals surface area contributed by atoms with Gasteiger partial charge in [-0.3, -0.25) is 52.7 Å². The summed E-state index contributed by atoms with van der Waals surface area (Å²) in [6.45, 7) is 17.7. The Balaban J connectivity index is 1.28. The number of aromatic nitrogens is 1. The number of hydrogen-bond acceptors (Lipinski definition) is 20. The number of esters is 3. The Hall–Kier alpha value is -10.0. The van der Waals surface area contributed by atoms with E-state index in [-0.39, 0.29) is 54.0 Å². The van der Waals surface area contributed by atoms with E-state index in [0.717, 1.165) is 15.9 Å². The predicted octanol–water partition coefficient (Wildman–Crippen LogP) is 1.94. The molecule has 0 aromatic heterocycles. The van der Waals surface area contributed by atoms with Gasteiger partial charge in [0.1, 0.15) is 77.5 Å². The summed E-state index contributed by atoms with van der Waals surface area (Å²) in [6, 6.07) is -2.42. The summed E-state index contributed by atoms with van der Waals surface area (Å²) in [7, 11) is 5.51. The molecule has 0 spiro atoms. The number of amides is 10. The SMILES string of the molecule is Cc1c2oc3c(C)c(OC(=O)c4ccccc4)cc(C(=O)NC4C(=O)NC(C(C)C)C(=O)N5CCCC5C(=O)N(C)CC(=O)N(C)C(C(C)C)C(=O)OC4C)c3nc-2c(C(=O)NC2C(=O)NC(C(C)C)C(=O)N3CCCC3C(=O)N(C)CC(=O)N(C)C(C(C)C)C(=O)OC2C)c(N)c1=O. The number of nitrogens with one attached hydrogen (secondary N) is 4. The summed E-state index contributed by atoms with van der Waals surface area (Å²) in [5.74, 6) is -14.6. The molecule has 0 radical (unpaired) electrons. The number of nitrogens with zero attached hydrogens (tertiary/aromatic N) is 7. The van der Waals surface area contributed by atoms with E-state index in [1.165, 1.54) is 87.6 Å². The third kappa shape index (κ3) is 15.3. The molecule has 5 aliphatic heterocycles. The van der Waals surface area contributed by atoms with Crippen molar-refractivity contribution in [1.82, 2.24) is 55.7 Å². The summed E-state index contributed by atoms with van der Waals surface area (Å²) >= 11 is 0. The Bertz CT molecular complexity index is 3930. The van der Waals surface area contributed by atoms with Crippen LogP contribution >= 0.6 is 0 Å². The summed E-state index contributed by atoms with van der Waals surface area (Å²) in [4.78, 5) is 216. The summed E-state index contributed by atoms with van der Waals surface area (Å²) in [5.41, 5.74) is 2.19. The maximum Gasteiger partial charge on any atom is 0.343 e. The first-order valence-electron chi connectivity index (χ1n) is 33.2. The number of aryl methyl sites for hydroxylation is 1. The van der Waals surface area contributed by atoms with E-state index in [1.54, 1.807) is 73.6 Å². The molecule has 6 N–H and O–H groups in total. The van der Waals surface area contributed by atoms with Crippen molar-refractivity contribution in [2.24, 2.45) is 23.7 Å². The van der Waals surface area contributed by atoms with Crippen LogP contribution in [0, 0.1) is 37.5 Å². The van der Waals surface area contributed by atoms with Crippen LogP contribution in [0.5, 0.6) is 5.75 Å². The van der Waals surface area contributed by atoms with Gasteiger partial charge in [0.15, 0.2) is 11.3 Å². The molecule has 534 valence electrons. The summed E-state index contributed by atoms with van der Waals surface area (Å²) in [6.07, 6.45) is -1.95. The first kappa shape index (κ1) is 74.8. The molecule has 30 nitrogen and oxygen atoms in total. The number of nitrogen functional groups attached to an aromatic ring is 1. The molecule has 0 saturated carbocycles. The Kier molecular flexibility index (Phi) is 22.9. The molecule has 1 aliphatic carbocycles. The number of anilines is 1. The van der Waals surface area contributed by atoms with E-state index in [4.69, 9.17) is 29.3 Å². The summed E-state index contributed by atoms with van der Waals surface area (Å²) in [5, 5.41) is 10.6. The molecule has 4 fully saturated rings. The smallest absolute Gasteiger partial charge is 0.343 e. The van der Waals surface area contributed by atoms with Crippen LogP contribution in [0.25, 0.3) is 22.6 Å². The van der Waals surface area contributed by atoms with Crippen LogP contribution in [0.15, 0.2) is 45.6 Å². The zero-order chi connectivity index (χ0) is 73.2. The van der Waals surface area contributed by atoms with Gasteiger partial charge in [0, 0.05) is 52.4 Å². The molecule has 30 heteroatoms. The fraction of sp³-hybridized carbons (Fsp3) is 0.551. The molecule has 10 amide bonds. The van der Waals surface area contributed by atoms with Crippen LogP contribution < -0.4 is 37.2 Å². The lowest BCUT2D eigenvalue weighted by molar-refractivity contribution is -0.163. The average molecular weight is 1380 g/mol. The highest BCUT2D eigenvalue weighted by Gasteiger charge is 2.47. The van der Waals surface area contributed by atoms with Crippen LogP contribution in [0.4, 0.5) is 5.69 Å². The van der Waals surface area contributed by atoms with Gasteiger partial charge in [-0.2, -0.15) is 0 Å². The van der Waals surface area contributed by atoms with Gasteiger partial charge >= 0.3 is 17.9 Å². The van der Waals surface area contributed by atoms with Gasteiger partial charge in [0.05, 0.1) is 35.5 Å². The normalized spacial score (nSPS) is 24.8. The molecule has 2 aromatic carbocycles. The maximum absolute atomic E-state index is 15.6. The van der Waals surface area contributed by atoms with Crippen LogP contribution in [-0.2, 0) is 57.4 Å². The maximum atomic E-state index is 15.6. The fourth-order valence-electron chi connectivity index (χ4n) is 13.2. The number of carbonyl (C=O) groups excluding carboxylic acids is 13. The lowest BCUT2D eigenvalue weighted by Crippen LogP contribution is -2.61. The van der Waals surface area contributed by atoms with Gasteiger partial charge in [0.25, 0.3) is 11.8 Å². The molecule has 10 atom stereocenters. The molecule has 4 saturated heterocycles. The van der Waals surface area contributed by atoms with E-state index in [0.29, 0.717) is 12.8 Å². The largest absolute Gasteiger partial charge is 0.458 e. The van der Waals surface area contributed by atoms with E-state index < -0.39 is 213 Å². The van der Waals surface area contributed by atoms with Crippen LogP contribution in [0.2, 0.25) is 0 Å². The van der Waals surface area contributed by atoms with Crippen molar-refractivity contribution in [3.8, 4) is 17.2 Å². The van der Waals surface area contributed by atoms with Crippen LogP contribution in [-0.4, -0.2) is 226 Å². The number of hydrogen-bond donors (Lipinski definition) is 5. The highest BCUT2D eigenvalue weighted by atomic mass is 16.6. The van der Waals surface area contributed by atoms with Gasteiger partial charge in [-0.25, -0.2) is 19.4 Å². The minimum atomic E-state index is -1.95. The third-order valence-electron chi connectivity index (χ3n) is 18.9. The van der Waals surface area contributed by atoms with Crippen molar-refractivity contribution >= 4 is 93.8 Å². The van der Waals surface area contributed by atoms with Gasteiger partial charge in [-0.05, 0) is 95.2 Å². The van der Waals surface area contributed by atoms with Gasteiger partial charge in [-0.15, -0.1) is 0 Å². The quantitative estimate of drug-likeness (QED) is 0.0655. The van der Waals surface area contributed by atoms with Crippen LogP contribution in [0.3, 0.4) is 0 Å². The number of ether oxygens (including phenoxy) is 3. The molecule has 8 rings (SSSR count). The van der Waals surface area contributed by atoms with Gasteiger partial charge in [-0.1, -0.05) is 73.6 Å². The number of benzene rings is 3. The molecule has 10 unspecified atom stereocenters. The third-order valence-corrected chi connectivity index (χ3v) is 18.9. The molecule has 99 heavy (non-hydrogen) atoms. The Morgan fingerprint density at radius 3 is 1.49 bits per heavy atom. The highest BCUT2D eigenvalue weighted by Crippen LogP contribution is 2.38. The number of fused-ring (bicyclic) bond motifs is 4. The molecular formula is C69H90N12O18. The Morgan fingerprint density at radius 2 is 1.06 bits per heavy atom. The predicted molar refractivity (Wildman–Crippen MR) is 357 cm³/mol. The van der Waals surface area contributed by atoms with Crippen molar-refractivity contribution in [3.05, 3.63) is 74.4 Å². The number of carbonyl (C=O) groups is 13. The topological polar surface area (TPSA) is 386 Å². The molecule has 2 aromatic rings. The number of nitrogens with two attached hydrogens (primary N) is 1. The van der Waals surface area contributed by atoms with Crippen molar-refractivity contribution in [3.63, 3.8) is 0 Å². The first-order valence-corrected chi connectivity index (χ1v) is 33.2. The average Bonchev–Trinajstić information content (AvgIpc) is 1.38. The monoisotopic (exact) mass is 1370 g/mol. The lowest BCUT2D eigenvalue weighted by atomic mass is 9.98. The van der Waals surface area contributed by atoms with E-state index in [1.807, 2.05) is 0 Å². The second-order valence-corrected chi connectivity index (χ2v) is 27.4. The molecule has 6 aliphatic rings. The van der Waals surface area contributed by atoms with Crippen molar-refractivity contribution in [2.75, 3.05) is 60.1 Å². The fourth-order valence-corrected chi connectivity index (χ4v) is 13.2. The Labute approximate surface area is 573 Å². The number of rotatable bonds is 10. The second kappa shape index (κ2) is 30.4. The summed E-state index contributed by atoms with van der Waals surface area (Å²) < 4.78 is 24.5. The number of cyclic esters (lactones) is 2. The van der Waals surface area contributed by atoms with Crippen molar-refractivity contribution in [1.29, 1.82) is 0 Å². The van der Waals surface area contributed by atoms with E-state index in [2.05, 4.69) is 21.3 Å². The van der Waals surface area contributed by atoms with Crippen molar-refractivity contribution in [2.45, 2.75) is 169 Å². The zero-order valence-corrected chi connectivity index (χ0v) is 58.8. The standard InChI is InChI=1S/C69H90N12O18/c1-31(2)48-65(91)80-26-20-24-41(80)63(89)76(13)29-44(82)78(15)54(33(5)6)68(94)96-37(11)50(61(87)72-48)74-59(85)40-28-43(98-67(93)39-22-18-17-19-23-39)35(9)57-52(40)71-53-46(47(70)56(84)36(10)58(53)99-57)60(86)75-51-38(12)97-69(95)55(34(7)8)79(16)45(83)30-77(14)64(90)42-25-21-27-81(42)66(92)49(32(3)4)73-62(51)88/h17-19,22-23,28,31-34,37-38,41-42,48-51,54-55H,20-21,24-27,29-30,70H2,1-16H3,(H,72,87)(H,73,88)(H,74,85)(H,75,86). The van der Waals surface area contributed by atoms with E-state index >= 15 is 19.2 Å². The number of likely N-dealkylation sites (N-methyl/N-ethyl adjacent to an activating group) is 4. The van der Waals surface area contributed by atoms with Crippen LogP contribution in [0.1, 0.15) is 137 Å². The van der Waals surface area contributed by atoms with Gasteiger partial charge < -0.3 is 75.0 Å². The van der Waals surface area contributed by atoms with Crippen molar-refractivity contribution < 1.29 is 81.0 Å². The highest BCUT2D eigenvalue weighted by molar-refractivity contribution is 6.11. The molecular weight excluding hydrogens is 1280 g/mol. The minimum Gasteiger partial charge on any atom is -0.458 e. The van der Waals surface area contributed by atoms with Gasteiger partial charge in [0.2, 0.25) is 52.7 Å². The molecule has 5 heterocycles.